The number of ether oxygens (including phenoxy) is 2. The molecule has 3 heterocycles. The highest BCUT2D eigenvalue weighted by Crippen LogP contribution is 2.53. The summed E-state index contributed by atoms with van der Waals surface area (Å²) in [7, 11) is 6.28. The molecule has 2 aromatic heterocycles. The van der Waals surface area contributed by atoms with Crippen molar-refractivity contribution < 1.29 is 14.3 Å². The van der Waals surface area contributed by atoms with Gasteiger partial charge in [-0.1, -0.05) is 0 Å². The van der Waals surface area contributed by atoms with Crippen molar-refractivity contribution in [2.45, 2.75) is 94.2 Å². The Balaban J connectivity index is 1.35. The standard InChI is InChI=1S/C31H45N7O3S/c1-18(20-9-7-15-38(20)4)41-23-16-22(40-17-30(13-14-30)37(2)3)35-29(36-23)25(32)19-8-5-11-31(27(19)39)12-6-10-21-24(31)26(33)28(34)42-21/h16,18,20H,5-15,17,32-34H2,1-4H3/t18-,20-,31-/m0/s1. The van der Waals surface area contributed by atoms with Gasteiger partial charge in [0.2, 0.25) is 11.8 Å². The van der Waals surface area contributed by atoms with E-state index in [1.165, 1.54) is 11.3 Å². The maximum atomic E-state index is 14.4. The molecule has 4 aliphatic rings. The molecule has 228 valence electrons. The van der Waals surface area contributed by atoms with Gasteiger partial charge in [0, 0.05) is 22.1 Å². The third kappa shape index (κ3) is 5.03. The molecule has 2 saturated carbocycles. The summed E-state index contributed by atoms with van der Waals surface area (Å²) >= 11 is 1.52. The molecule has 10 nitrogen and oxygen atoms in total. The van der Waals surface area contributed by atoms with E-state index < -0.39 is 5.41 Å². The molecule has 0 aromatic carbocycles. The van der Waals surface area contributed by atoms with Crippen LogP contribution in [0.3, 0.4) is 0 Å². The number of aromatic nitrogens is 2. The van der Waals surface area contributed by atoms with Crippen molar-refractivity contribution in [2.75, 3.05) is 45.8 Å². The van der Waals surface area contributed by atoms with Crippen LogP contribution >= 0.6 is 11.3 Å². The number of ketones is 1. The van der Waals surface area contributed by atoms with E-state index in [1.807, 2.05) is 0 Å². The summed E-state index contributed by atoms with van der Waals surface area (Å²) in [6.07, 6.45) is 9.00. The number of aryl methyl sites for hydroxylation is 1. The zero-order valence-electron chi connectivity index (χ0n) is 25.4. The maximum absolute atomic E-state index is 14.4. The number of rotatable bonds is 8. The van der Waals surface area contributed by atoms with E-state index in [9.17, 15) is 4.79 Å². The van der Waals surface area contributed by atoms with Crippen molar-refractivity contribution in [3.63, 3.8) is 0 Å². The number of fused-ring (bicyclic) bond motifs is 2. The van der Waals surface area contributed by atoms with Crippen LogP contribution in [0.1, 0.15) is 81.0 Å². The topological polar surface area (TPSA) is 146 Å². The van der Waals surface area contributed by atoms with E-state index in [2.05, 4.69) is 37.9 Å². The molecule has 3 atom stereocenters. The summed E-state index contributed by atoms with van der Waals surface area (Å²) in [5.74, 6) is 1.12. The van der Waals surface area contributed by atoms with Gasteiger partial charge in [0.05, 0.1) is 28.4 Å². The maximum Gasteiger partial charge on any atom is 0.221 e. The van der Waals surface area contributed by atoms with E-state index in [1.54, 1.807) is 6.07 Å². The van der Waals surface area contributed by atoms with Crippen LogP contribution in [0.25, 0.3) is 5.70 Å². The summed E-state index contributed by atoms with van der Waals surface area (Å²) in [5, 5.41) is 0.598. The number of hydrogen-bond acceptors (Lipinski definition) is 11. The van der Waals surface area contributed by atoms with Crippen molar-refractivity contribution in [1.29, 1.82) is 0 Å². The van der Waals surface area contributed by atoms with E-state index >= 15 is 0 Å². The number of likely N-dealkylation sites (tertiary alicyclic amines) is 1. The molecule has 0 bridgehead atoms. The first-order valence-electron chi connectivity index (χ1n) is 15.3. The predicted molar refractivity (Wildman–Crippen MR) is 167 cm³/mol. The number of nitrogens with two attached hydrogens (primary N) is 3. The van der Waals surface area contributed by atoms with Gasteiger partial charge >= 0.3 is 0 Å². The average Bonchev–Trinajstić information content (AvgIpc) is 3.55. The number of nitrogens with zero attached hydrogens (tertiary/aromatic N) is 4. The number of Topliss-reactive ketones (excluding diaryl/α,β-unsaturated/α-hetero) is 1. The van der Waals surface area contributed by atoms with Crippen LogP contribution in [0.15, 0.2) is 11.6 Å². The lowest BCUT2D eigenvalue weighted by Gasteiger charge is -2.40. The van der Waals surface area contributed by atoms with E-state index in [-0.39, 0.29) is 23.3 Å². The Morgan fingerprint density at radius 1 is 1.14 bits per heavy atom. The highest BCUT2D eigenvalue weighted by Gasteiger charge is 2.49. The van der Waals surface area contributed by atoms with Gasteiger partial charge in [-0.25, -0.2) is 0 Å². The molecule has 2 aromatic rings. The van der Waals surface area contributed by atoms with Gasteiger partial charge in [-0.2, -0.15) is 9.97 Å². The Morgan fingerprint density at radius 2 is 1.86 bits per heavy atom. The highest BCUT2D eigenvalue weighted by atomic mass is 32.1. The first-order valence-corrected chi connectivity index (χ1v) is 16.1. The minimum absolute atomic E-state index is 0.0166. The quantitative estimate of drug-likeness (QED) is 0.386. The summed E-state index contributed by atoms with van der Waals surface area (Å²) in [6.45, 7) is 3.64. The number of carbonyl (C=O) groups is 1. The first kappa shape index (κ1) is 29.2. The van der Waals surface area contributed by atoms with Crippen LogP contribution < -0.4 is 26.7 Å². The number of hydrogen-bond donors (Lipinski definition) is 3. The van der Waals surface area contributed by atoms with Gasteiger partial charge in [0.15, 0.2) is 11.6 Å². The van der Waals surface area contributed by atoms with Crippen LogP contribution in [-0.4, -0.2) is 77.5 Å². The molecular weight excluding hydrogens is 550 g/mol. The number of anilines is 2. The Bertz CT molecular complexity index is 1400. The molecule has 1 spiro atoms. The number of nitrogen functional groups attached to an aromatic ring is 2. The van der Waals surface area contributed by atoms with Crippen molar-refractivity contribution >= 4 is 33.5 Å². The van der Waals surface area contributed by atoms with Crippen molar-refractivity contribution in [2.24, 2.45) is 5.73 Å². The fourth-order valence-corrected chi connectivity index (χ4v) is 8.50. The zero-order chi connectivity index (χ0) is 29.8. The summed E-state index contributed by atoms with van der Waals surface area (Å²) in [4.78, 5) is 29.5. The predicted octanol–water partition coefficient (Wildman–Crippen LogP) is 3.73. The van der Waals surface area contributed by atoms with E-state index in [4.69, 9.17) is 36.6 Å². The van der Waals surface area contributed by atoms with Gasteiger partial charge in [-0.05, 0) is 98.8 Å². The molecule has 1 aliphatic heterocycles. The number of thiophene rings is 1. The van der Waals surface area contributed by atoms with Crippen LogP contribution in [0, 0.1) is 0 Å². The molecule has 3 fully saturated rings. The minimum atomic E-state index is -0.691. The molecule has 42 heavy (non-hydrogen) atoms. The van der Waals surface area contributed by atoms with Crippen LogP contribution in [-0.2, 0) is 16.6 Å². The van der Waals surface area contributed by atoms with Gasteiger partial charge in [-0.15, -0.1) is 11.3 Å². The highest BCUT2D eigenvalue weighted by molar-refractivity contribution is 7.16. The van der Waals surface area contributed by atoms with Crippen molar-refractivity contribution in [3.05, 3.63) is 27.9 Å². The molecule has 6 N–H and O–H groups in total. The SMILES string of the molecule is C[C@H](Oc1cc(OCC2(N(C)C)CC2)nc(C(N)=C2CCC[C@@]3(CCCc4sc(N)c(N)c43)C2=O)n1)[C@@H]1CCCN1C. The number of likely N-dealkylation sites (N-methyl/N-ethyl adjacent to an activating group) is 2. The normalized spacial score (nSPS) is 27.3. The number of carbonyl (C=O) groups excluding carboxylic acids is 1. The zero-order valence-corrected chi connectivity index (χ0v) is 26.2. The number of allylic oxidation sites excluding steroid dienone is 1. The average molecular weight is 596 g/mol. The van der Waals surface area contributed by atoms with E-state index in [0.717, 1.165) is 74.8 Å². The van der Waals surface area contributed by atoms with Gasteiger partial charge in [0.25, 0.3) is 0 Å². The fraction of sp³-hybridized carbons (Fsp3) is 0.645. The third-order valence-electron chi connectivity index (χ3n) is 10.2. The van der Waals surface area contributed by atoms with Gasteiger partial charge in [0.1, 0.15) is 17.7 Å². The second-order valence-corrected chi connectivity index (χ2v) is 14.1. The smallest absolute Gasteiger partial charge is 0.221 e. The molecule has 0 amide bonds. The van der Waals surface area contributed by atoms with Crippen molar-refractivity contribution in [1.82, 2.24) is 19.8 Å². The molecular formula is C31H45N7O3S. The minimum Gasteiger partial charge on any atom is -0.475 e. The van der Waals surface area contributed by atoms with Crippen LogP contribution in [0.4, 0.5) is 10.7 Å². The van der Waals surface area contributed by atoms with Crippen molar-refractivity contribution in [3.8, 4) is 11.8 Å². The lowest BCUT2D eigenvalue weighted by molar-refractivity contribution is -0.122. The first-order chi connectivity index (χ1) is 20.0. The Hall–Kier alpha value is -2.89. The van der Waals surface area contributed by atoms with E-state index in [0.29, 0.717) is 52.8 Å². The molecule has 6 rings (SSSR count). The van der Waals surface area contributed by atoms with Crippen LogP contribution in [0.5, 0.6) is 11.8 Å². The largest absolute Gasteiger partial charge is 0.475 e. The van der Waals surface area contributed by atoms with Gasteiger partial charge < -0.3 is 31.6 Å². The lowest BCUT2D eigenvalue weighted by atomic mass is 9.61. The Labute approximate surface area is 252 Å². The second-order valence-electron chi connectivity index (χ2n) is 13.0. The summed E-state index contributed by atoms with van der Waals surface area (Å²) in [6, 6.07) is 2.06. The summed E-state index contributed by atoms with van der Waals surface area (Å²) in [5.41, 5.74) is 21.2. The third-order valence-corrected chi connectivity index (χ3v) is 11.3. The molecule has 3 aliphatic carbocycles. The molecule has 0 radical (unpaired) electrons. The second kappa shape index (κ2) is 11.0. The lowest BCUT2D eigenvalue weighted by Crippen LogP contribution is -2.43. The molecule has 11 heteroatoms. The summed E-state index contributed by atoms with van der Waals surface area (Å²) < 4.78 is 12.7. The monoisotopic (exact) mass is 595 g/mol. The Kier molecular flexibility index (Phi) is 7.64. The van der Waals surface area contributed by atoms with Gasteiger partial charge in [-0.3, -0.25) is 9.69 Å². The molecule has 0 unspecified atom stereocenters. The Morgan fingerprint density at radius 3 is 2.52 bits per heavy atom. The van der Waals surface area contributed by atoms with Crippen LogP contribution in [0.2, 0.25) is 0 Å². The molecule has 1 saturated heterocycles. The fourth-order valence-electron chi connectivity index (χ4n) is 7.37.